The number of benzene rings is 1. The third-order valence-corrected chi connectivity index (χ3v) is 8.77. The number of methoxy groups -OCH3 is 1. The van der Waals surface area contributed by atoms with Crippen LogP contribution in [0.3, 0.4) is 0 Å². The number of rotatable bonds is 10. The van der Waals surface area contributed by atoms with Crippen molar-refractivity contribution in [3.63, 3.8) is 0 Å². The number of carbonyl (C=O) groups is 3. The lowest BCUT2D eigenvalue weighted by molar-refractivity contribution is -0.142. The standard InChI is InChI=1S/C28H40N2O5/c1-4-35-26(33)17-29-30-25(32)8-6-5-7-19-16-24(31)28(2)14-13-22-21-12-10-20(34-3)15-18(21)9-11-23(22)27(19)28/h10,12,15,19,22-23,27,29H,4-9,11,13-14,16-17H2,1-3H3,(H,30,32)/t19?,22-,23-,27+,28-/m1/s1. The maximum absolute atomic E-state index is 13.2. The van der Waals surface area contributed by atoms with E-state index in [9.17, 15) is 14.4 Å². The Kier molecular flexibility index (Phi) is 8.15. The SMILES string of the molecule is CCOC(=O)CNNC(=O)CCCCC1CC(=O)[C@@]2(C)CC[C@@H]3c4ccc(OC)cc4CC[C@H]3[C@H]12. The van der Waals surface area contributed by atoms with E-state index < -0.39 is 5.97 Å². The average molecular weight is 485 g/mol. The molecule has 1 aromatic carbocycles. The zero-order chi connectivity index (χ0) is 25.0. The normalized spacial score (nSPS) is 29.1. The molecule has 0 spiro atoms. The average Bonchev–Trinajstić information content (AvgIpc) is 3.11. The number of unbranched alkanes of at least 4 members (excludes halogenated alkanes) is 1. The summed E-state index contributed by atoms with van der Waals surface area (Å²) in [4.78, 5) is 36.6. The van der Waals surface area contributed by atoms with Crippen LogP contribution in [0.4, 0.5) is 0 Å². The topological polar surface area (TPSA) is 93.7 Å². The number of ketones is 1. The van der Waals surface area contributed by atoms with Crippen LogP contribution < -0.4 is 15.6 Å². The number of esters is 1. The summed E-state index contributed by atoms with van der Waals surface area (Å²) in [6, 6.07) is 6.54. The third kappa shape index (κ3) is 5.40. The van der Waals surface area contributed by atoms with Gasteiger partial charge in [-0.3, -0.25) is 19.8 Å². The molecule has 5 atom stereocenters. The molecule has 1 unspecified atom stereocenters. The smallest absolute Gasteiger partial charge is 0.321 e. The molecule has 35 heavy (non-hydrogen) atoms. The van der Waals surface area contributed by atoms with E-state index in [2.05, 4.69) is 36.0 Å². The largest absolute Gasteiger partial charge is 0.497 e. The first-order valence-corrected chi connectivity index (χ1v) is 13.2. The van der Waals surface area contributed by atoms with Gasteiger partial charge in [-0.25, -0.2) is 5.43 Å². The van der Waals surface area contributed by atoms with Gasteiger partial charge in [0.2, 0.25) is 5.91 Å². The highest BCUT2D eigenvalue weighted by molar-refractivity contribution is 5.87. The fourth-order valence-electron chi connectivity index (χ4n) is 7.19. The van der Waals surface area contributed by atoms with Crippen molar-refractivity contribution in [3.05, 3.63) is 29.3 Å². The van der Waals surface area contributed by atoms with E-state index in [0.29, 0.717) is 48.9 Å². The minimum Gasteiger partial charge on any atom is -0.497 e. The van der Waals surface area contributed by atoms with Gasteiger partial charge in [0, 0.05) is 18.3 Å². The van der Waals surface area contributed by atoms with Gasteiger partial charge in [0.05, 0.1) is 13.7 Å². The van der Waals surface area contributed by atoms with Crippen molar-refractivity contribution in [2.45, 2.75) is 77.6 Å². The van der Waals surface area contributed by atoms with Gasteiger partial charge >= 0.3 is 5.97 Å². The maximum atomic E-state index is 13.2. The number of carbonyl (C=O) groups excluding carboxylic acids is 3. The molecular formula is C28H40N2O5. The van der Waals surface area contributed by atoms with Crippen molar-refractivity contribution >= 4 is 17.7 Å². The molecule has 2 fully saturated rings. The zero-order valence-corrected chi connectivity index (χ0v) is 21.4. The van der Waals surface area contributed by atoms with Crippen LogP contribution in [0, 0.1) is 23.2 Å². The Morgan fingerprint density at radius 2 is 2.03 bits per heavy atom. The summed E-state index contributed by atoms with van der Waals surface area (Å²) in [5.74, 6) is 2.79. The van der Waals surface area contributed by atoms with Crippen molar-refractivity contribution in [3.8, 4) is 5.75 Å². The fourth-order valence-corrected chi connectivity index (χ4v) is 7.19. The molecule has 2 saturated carbocycles. The van der Waals surface area contributed by atoms with E-state index in [1.165, 1.54) is 11.1 Å². The maximum Gasteiger partial charge on any atom is 0.321 e. The number of nitrogens with one attached hydrogen (secondary N) is 2. The minimum atomic E-state index is -0.392. The molecule has 3 aliphatic carbocycles. The molecule has 7 nitrogen and oxygen atoms in total. The van der Waals surface area contributed by atoms with E-state index >= 15 is 0 Å². The summed E-state index contributed by atoms with van der Waals surface area (Å²) in [7, 11) is 1.72. The van der Waals surface area contributed by atoms with Crippen LogP contribution in [0.5, 0.6) is 5.75 Å². The second-order valence-corrected chi connectivity index (χ2v) is 10.7. The van der Waals surface area contributed by atoms with E-state index in [4.69, 9.17) is 9.47 Å². The van der Waals surface area contributed by atoms with Crippen LogP contribution in [0.2, 0.25) is 0 Å². The summed E-state index contributed by atoms with van der Waals surface area (Å²) in [5.41, 5.74) is 7.87. The van der Waals surface area contributed by atoms with Crippen molar-refractivity contribution in [2.24, 2.45) is 23.2 Å². The molecule has 0 heterocycles. The highest BCUT2D eigenvalue weighted by atomic mass is 16.5. The molecule has 0 radical (unpaired) electrons. The van der Waals surface area contributed by atoms with Gasteiger partial charge in [0.1, 0.15) is 18.1 Å². The van der Waals surface area contributed by atoms with Gasteiger partial charge in [-0.05, 0) is 92.4 Å². The summed E-state index contributed by atoms with van der Waals surface area (Å²) in [6.45, 7) is 4.25. The first-order valence-electron chi connectivity index (χ1n) is 13.2. The van der Waals surface area contributed by atoms with Crippen LogP contribution in [0.25, 0.3) is 0 Å². The Morgan fingerprint density at radius 1 is 1.20 bits per heavy atom. The Bertz CT molecular complexity index is 947. The van der Waals surface area contributed by atoms with Crippen LogP contribution in [-0.2, 0) is 25.5 Å². The molecule has 0 aromatic heterocycles. The van der Waals surface area contributed by atoms with Crippen molar-refractivity contribution in [2.75, 3.05) is 20.3 Å². The first kappa shape index (κ1) is 25.7. The monoisotopic (exact) mass is 484 g/mol. The quantitative estimate of drug-likeness (QED) is 0.295. The predicted molar refractivity (Wildman–Crippen MR) is 133 cm³/mol. The fraction of sp³-hybridized carbons (Fsp3) is 0.679. The summed E-state index contributed by atoms with van der Waals surface area (Å²) in [5, 5.41) is 0. The van der Waals surface area contributed by atoms with Crippen LogP contribution >= 0.6 is 0 Å². The van der Waals surface area contributed by atoms with Gasteiger partial charge in [0.15, 0.2) is 0 Å². The third-order valence-electron chi connectivity index (χ3n) is 8.77. The number of hydrazine groups is 1. The second kappa shape index (κ2) is 11.1. The number of hydrogen-bond donors (Lipinski definition) is 2. The van der Waals surface area contributed by atoms with Gasteiger partial charge in [-0.2, -0.15) is 0 Å². The predicted octanol–water partition coefficient (Wildman–Crippen LogP) is 4.09. The summed E-state index contributed by atoms with van der Waals surface area (Å²) in [6.07, 6.45) is 8.06. The van der Waals surface area contributed by atoms with Crippen LogP contribution in [0.1, 0.15) is 82.3 Å². The van der Waals surface area contributed by atoms with E-state index in [1.54, 1.807) is 14.0 Å². The Labute approximate surface area is 208 Å². The lowest BCUT2D eigenvalue weighted by Crippen LogP contribution is -2.44. The summed E-state index contributed by atoms with van der Waals surface area (Å²) >= 11 is 0. The lowest BCUT2D eigenvalue weighted by Gasteiger charge is -2.50. The van der Waals surface area contributed by atoms with Gasteiger partial charge in [0.25, 0.3) is 0 Å². The molecule has 3 aliphatic rings. The minimum absolute atomic E-state index is 0.0392. The molecular weight excluding hydrogens is 444 g/mol. The van der Waals surface area contributed by atoms with Gasteiger partial charge in [-0.1, -0.05) is 19.4 Å². The lowest BCUT2D eigenvalue weighted by atomic mass is 9.54. The first-order chi connectivity index (χ1) is 16.9. The number of aryl methyl sites for hydroxylation is 1. The summed E-state index contributed by atoms with van der Waals surface area (Å²) < 4.78 is 10.3. The molecule has 2 N–H and O–H groups in total. The van der Waals surface area contributed by atoms with E-state index in [-0.39, 0.29) is 17.9 Å². The van der Waals surface area contributed by atoms with Gasteiger partial charge < -0.3 is 9.47 Å². The molecule has 1 amide bonds. The van der Waals surface area contributed by atoms with Crippen LogP contribution in [-0.4, -0.2) is 37.9 Å². The zero-order valence-electron chi connectivity index (χ0n) is 21.4. The number of hydrogen-bond acceptors (Lipinski definition) is 6. The number of amides is 1. The van der Waals surface area contributed by atoms with Crippen LogP contribution in [0.15, 0.2) is 18.2 Å². The molecule has 7 heteroatoms. The van der Waals surface area contributed by atoms with E-state index in [1.807, 2.05) is 0 Å². The molecule has 0 saturated heterocycles. The van der Waals surface area contributed by atoms with Crippen molar-refractivity contribution < 1.29 is 23.9 Å². The molecule has 4 rings (SSSR count). The Balaban J connectivity index is 1.32. The van der Waals surface area contributed by atoms with Crippen molar-refractivity contribution in [1.29, 1.82) is 0 Å². The van der Waals surface area contributed by atoms with Gasteiger partial charge in [-0.15, -0.1) is 0 Å². The highest BCUT2D eigenvalue weighted by Crippen LogP contribution is 2.62. The highest BCUT2D eigenvalue weighted by Gasteiger charge is 2.58. The number of ether oxygens (including phenoxy) is 2. The Morgan fingerprint density at radius 3 is 2.80 bits per heavy atom. The van der Waals surface area contributed by atoms with Crippen molar-refractivity contribution in [1.82, 2.24) is 10.9 Å². The molecule has 192 valence electrons. The van der Waals surface area contributed by atoms with E-state index in [0.717, 1.165) is 50.7 Å². The molecule has 1 aromatic rings. The number of Topliss-reactive ketones (excluding diaryl/α,β-unsaturated/α-hetero) is 1. The second-order valence-electron chi connectivity index (χ2n) is 10.7. The number of fused-ring (bicyclic) bond motifs is 5. The molecule has 0 bridgehead atoms. The Hall–Kier alpha value is -2.41. The molecule has 0 aliphatic heterocycles.